The highest BCUT2D eigenvalue weighted by atomic mass is 16.7. The fraction of sp³-hybridized carbons (Fsp3) is 0.515. The van der Waals surface area contributed by atoms with Gasteiger partial charge in [0.2, 0.25) is 0 Å². The van der Waals surface area contributed by atoms with Crippen LogP contribution in [-0.2, 0) is 9.31 Å². The number of allylic oxidation sites excluding steroid dienone is 1. The Balaban J connectivity index is 1.27. The average molecular weight is 587 g/mol. The van der Waals surface area contributed by atoms with Crippen molar-refractivity contribution < 1.29 is 23.9 Å². The second-order valence-electron chi connectivity index (χ2n) is 14.0. The van der Waals surface area contributed by atoms with Crippen molar-refractivity contribution in [1.29, 1.82) is 0 Å². The third-order valence-electron chi connectivity index (χ3n) is 9.69. The van der Waals surface area contributed by atoms with E-state index in [0.29, 0.717) is 12.3 Å². The van der Waals surface area contributed by atoms with E-state index in [1.165, 1.54) is 11.0 Å². The molecule has 2 fully saturated rings. The number of hydrogen-bond donors (Lipinski definition) is 2. The van der Waals surface area contributed by atoms with Crippen molar-refractivity contribution in [2.45, 2.75) is 78.2 Å². The lowest BCUT2D eigenvalue weighted by Gasteiger charge is -2.43. The van der Waals surface area contributed by atoms with Crippen LogP contribution in [0.5, 0.6) is 5.75 Å². The van der Waals surface area contributed by atoms with Crippen LogP contribution in [-0.4, -0.2) is 76.7 Å². The van der Waals surface area contributed by atoms with Crippen LogP contribution >= 0.6 is 0 Å². The Bertz CT molecular complexity index is 1510. The fourth-order valence-corrected chi connectivity index (χ4v) is 6.35. The molecule has 228 valence electrons. The number of carboxylic acid groups (broad SMARTS) is 1. The fourth-order valence-electron chi connectivity index (χ4n) is 6.35. The normalized spacial score (nSPS) is 23.6. The highest BCUT2D eigenvalue weighted by Crippen LogP contribution is 2.45. The summed E-state index contributed by atoms with van der Waals surface area (Å²) in [5.74, 6) is -0.237. The highest BCUT2D eigenvalue weighted by molar-refractivity contribution is 6.55. The molecule has 2 N–H and O–H groups in total. The maximum absolute atomic E-state index is 11.5. The predicted molar refractivity (Wildman–Crippen MR) is 168 cm³/mol. The summed E-state index contributed by atoms with van der Waals surface area (Å²) in [6.45, 7) is 16.2. The third-order valence-corrected chi connectivity index (χ3v) is 9.69. The van der Waals surface area contributed by atoms with E-state index in [0.717, 1.165) is 55.6 Å². The van der Waals surface area contributed by atoms with E-state index in [-0.39, 0.29) is 35.5 Å². The number of benzene rings is 1. The molecule has 2 aromatic heterocycles. The van der Waals surface area contributed by atoms with Gasteiger partial charge in [-0.3, -0.25) is 4.90 Å². The summed E-state index contributed by atoms with van der Waals surface area (Å²) in [6, 6.07) is 11.0. The molecule has 6 rings (SSSR count). The largest absolute Gasteiger partial charge is 0.490 e. The third kappa shape index (κ3) is 6.05. The van der Waals surface area contributed by atoms with Gasteiger partial charge in [-0.2, -0.15) is 0 Å². The lowest BCUT2D eigenvalue weighted by atomic mass is 9.62. The first-order chi connectivity index (χ1) is 20.3. The molecule has 1 unspecified atom stereocenters. The molecule has 0 bridgehead atoms. The number of aromatic carboxylic acids is 1. The summed E-state index contributed by atoms with van der Waals surface area (Å²) < 4.78 is 19.8. The lowest BCUT2D eigenvalue weighted by molar-refractivity contribution is 0.00578. The molecule has 0 spiro atoms. The van der Waals surface area contributed by atoms with Gasteiger partial charge in [0.05, 0.1) is 29.5 Å². The number of ether oxygens (including phenoxy) is 1. The molecule has 1 aliphatic carbocycles. The van der Waals surface area contributed by atoms with E-state index in [9.17, 15) is 9.90 Å². The van der Waals surface area contributed by atoms with Crippen LogP contribution in [0.2, 0.25) is 0 Å². The van der Waals surface area contributed by atoms with Gasteiger partial charge in [-0.25, -0.2) is 9.78 Å². The number of anilines is 1. The number of pyridine rings is 1. The smallest absolute Gasteiger partial charge is 0.478 e. The minimum absolute atomic E-state index is 0.193. The van der Waals surface area contributed by atoms with Crippen molar-refractivity contribution in [3.63, 3.8) is 0 Å². The van der Waals surface area contributed by atoms with Crippen molar-refractivity contribution >= 4 is 29.8 Å². The molecule has 0 amide bonds. The Hall–Kier alpha value is -3.34. The number of carbonyl (C=O) groups is 1. The predicted octanol–water partition coefficient (Wildman–Crippen LogP) is 5.93. The van der Waals surface area contributed by atoms with Crippen LogP contribution in [0.1, 0.15) is 71.2 Å². The number of nitrogens with zero attached hydrogens (tertiary/aromatic N) is 3. The molecule has 0 radical (unpaired) electrons. The van der Waals surface area contributed by atoms with Crippen LogP contribution in [0, 0.1) is 5.41 Å². The Labute approximate surface area is 254 Å². The average Bonchev–Trinajstić information content (AvgIpc) is 3.50. The summed E-state index contributed by atoms with van der Waals surface area (Å²) in [5.41, 5.74) is 4.15. The molecule has 3 aliphatic rings. The molecule has 1 atom stereocenters. The van der Waals surface area contributed by atoms with Crippen LogP contribution in [0.3, 0.4) is 0 Å². The van der Waals surface area contributed by atoms with E-state index in [4.69, 9.17) is 14.0 Å². The molecule has 1 aromatic carbocycles. The van der Waals surface area contributed by atoms with Crippen LogP contribution in [0.15, 0.2) is 59.8 Å². The number of aromatic nitrogens is 2. The Morgan fingerprint density at radius 1 is 1.09 bits per heavy atom. The summed E-state index contributed by atoms with van der Waals surface area (Å²) >= 11 is 0. The Morgan fingerprint density at radius 3 is 2.51 bits per heavy atom. The molecule has 4 heterocycles. The van der Waals surface area contributed by atoms with Crippen molar-refractivity contribution in [2.24, 2.45) is 5.41 Å². The molecule has 0 saturated carbocycles. The summed E-state index contributed by atoms with van der Waals surface area (Å²) in [4.78, 5) is 23.8. The zero-order chi connectivity index (χ0) is 30.6. The van der Waals surface area contributed by atoms with E-state index >= 15 is 0 Å². The number of aromatic amines is 1. The van der Waals surface area contributed by atoms with E-state index < -0.39 is 5.97 Å². The van der Waals surface area contributed by atoms with Gasteiger partial charge >= 0.3 is 13.1 Å². The first-order valence-corrected chi connectivity index (χ1v) is 15.3. The monoisotopic (exact) mass is 586 g/mol. The van der Waals surface area contributed by atoms with Gasteiger partial charge in [-0.15, -0.1) is 0 Å². The zero-order valence-corrected chi connectivity index (χ0v) is 26.1. The summed E-state index contributed by atoms with van der Waals surface area (Å²) in [7, 11) is -0.334. The maximum Gasteiger partial charge on any atom is 0.490 e. The first-order valence-electron chi connectivity index (χ1n) is 15.3. The number of hydrogen-bond acceptors (Lipinski definition) is 7. The zero-order valence-electron chi connectivity index (χ0n) is 26.1. The second-order valence-corrected chi connectivity index (χ2v) is 14.0. The lowest BCUT2D eigenvalue weighted by Crippen LogP contribution is -2.56. The minimum Gasteiger partial charge on any atom is -0.478 e. The maximum atomic E-state index is 11.5. The van der Waals surface area contributed by atoms with Gasteiger partial charge in [0.25, 0.3) is 0 Å². The highest BCUT2D eigenvalue weighted by Gasteiger charge is 2.53. The second kappa shape index (κ2) is 11.0. The molecule has 9 nitrogen and oxygen atoms in total. The van der Waals surface area contributed by atoms with Gasteiger partial charge in [0.1, 0.15) is 11.4 Å². The number of rotatable bonds is 7. The van der Waals surface area contributed by atoms with Gasteiger partial charge in [-0.1, -0.05) is 19.4 Å². The molecular weight excluding hydrogens is 543 g/mol. The van der Waals surface area contributed by atoms with Gasteiger partial charge in [-0.05, 0) is 94.2 Å². The number of nitrogens with one attached hydrogen (secondary N) is 1. The molecule has 2 aliphatic heterocycles. The van der Waals surface area contributed by atoms with Crippen molar-refractivity contribution in [2.75, 3.05) is 31.1 Å². The number of carboxylic acids is 1. The molecule has 2 saturated heterocycles. The van der Waals surface area contributed by atoms with Gasteiger partial charge < -0.3 is 29.0 Å². The molecular formula is C33H43BN4O5. The SMILES string of the molecule is CC1(C)CCC(CN2CCN(c3ccc(C(=O)O)cc3)C(Oc3cnc4[nH]ccc4c3)C2)=C(B2OC(C)(C)C(C)(C)O2)C1. The van der Waals surface area contributed by atoms with Crippen molar-refractivity contribution in [3.8, 4) is 5.75 Å². The van der Waals surface area contributed by atoms with Crippen LogP contribution in [0.4, 0.5) is 5.69 Å². The summed E-state index contributed by atoms with van der Waals surface area (Å²) in [6.07, 6.45) is 6.44. The molecule has 43 heavy (non-hydrogen) atoms. The van der Waals surface area contributed by atoms with Crippen molar-refractivity contribution in [1.82, 2.24) is 14.9 Å². The topological polar surface area (TPSA) is 100 Å². The quantitative estimate of drug-likeness (QED) is 0.329. The van der Waals surface area contributed by atoms with Crippen LogP contribution in [0.25, 0.3) is 11.0 Å². The van der Waals surface area contributed by atoms with E-state index in [1.807, 2.05) is 30.5 Å². The summed E-state index contributed by atoms with van der Waals surface area (Å²) in [5, 5.41) is 10.4. The molecule has 10 heteroatoms. The Morgan fingerprint density at radius 2 is 1.81 bits per heavy atom. The molecule has 3 aromatic rings. The minimum atomic E-state index is -0.934. The number of H-pyrrole nitrogens is 1. The van der Waals surface area contributed by atoms with Gasteiger partial charge in [0, 0.05) is 36.9 Å². The number of fused-ring (bicyclic) bond motifs is 1. The number of piperazine rings is 1. The van der Waals surface area contributed by atoms with Crippen LogP contribution < -0.4 is 9.64 Å². The standard InChI is InChI=1S/C33H43BN4O5/c1-31(2)13-11-24(27(18-31)34-42-32(3,4)33(5,6)43-34)20-37-15-16-38(25-9-7-22(8-10-25)30(39)40)28(21-37)41-26-17-23-12-14-35-29(23)36-19-26/h7-10,12,14,17,19,28H,11,13,15-16,18,20-21H2,1-6H3,(H,35,36)(H,39,40). The van der Waals surface area contributed by atoms with Crippen molar-refractivity contribution in [3.05, 3.63) is 65.4 Å². The van der Waals surface area contributed by atoms with E-state index in [1.54, 1.807) is 18.3 Å². The van der Waals surface area contributed by atoms with Gasteiger partial charge in [0.15, 0.2) is 6.23 Å². The van der Waals surface area contributed by atoms with E-state index in [2.05, 4.69) is 61.3 Å². The Kier molecular flexibility index (Phi) is 7.59. The first kappa shape index (κ1) is 29.7.